The number of aromatic nitrogens is 2. The number of halogens is 1. The van der Waals surface area contributed by atoms with Gasteiger partial charge in [-0.1, -0.05) is 28.1 Å². The average Bonchev–Trinajstić information content (AvgIpc) is 3.21. The Morgan fingerprint density at radius 1 is 1.14 bits per heavy atom. The lowest BCUT2D eigenvalue weighted by Gasteiger charge is -2.10. The number of hydrogen-bond donors (Lipinski definition) is 1. The quantitative estimate of drug-likeness (QED) is 0.432. The Bertz CT molecular complexity index is 1030. The van der Waals surface area contributed by atoms with Gasteiger partial charge < -0.3 is 9.47 Å². The molecule has 3 aromatic rings. The maximum Gasteiger partial charge on any atom is 0.291 e. The van der Waals surface area contributed by atoms with Gasteiger partial charge in [-0.05, 0) is 42.8 Å². The monoisotopic (exact) mass is 456 g/mol. The summed E-state index contributed by atoms with van der Waals surface area (Å²) in [5, 5.41) is 8.50. The van der Waals surface area contributed by atoms with Gasteiger partial charge in [0.15, 0.2) is 5.69 Å². The summed E-state index contributed by atoms with van der Waals surface area (Å²) in [5.41, 5.74) is 5.28. The zero-order valence-electron chi connectivity index (χ0n) is 16.3. The van der Waals surface area contributed by atoms with Crippen molar-refractivity contribution >= 4 is 27.5 Å². The average molecular weight is 457 g/mol. The lowest BCUT2D eigenvalue weighted by molar-refractivity contribution is 0.0949. The van der Waals surface area contributed by atoms with Crippen LogP contribution in [0.1, 0.15) is 28.5 Å². The molecule has 1 amide bonds. The zero-order chi connectivity index (χ0) is 20.8. The summed E-state index contributed by atoms with van der Waals surface area (Å²) in [5.74, 6) is 0.906. The predicted molar refractivity (Wildman–Crippen MR) is 115 cm³/mol. The summed E-state index contributed by atoms with van der Waals surface area (Å²) in [6.45, 7) is 2.36. The Hall–Kier alpha value is -3.13. The molecular formula is C21H21BrN4O3. The molecule has 0 fully saturated rings. The first-order valence-corrected chi connectivity index (χ1v) is 9.64. The van der Waals surface area contributed by atoms with E-state index < -0.39 is 0 Å². The summed E-state index contributed by atoms with van der Waals surface area (Å²) in [4.78, 5) is 12.4. The molecule has 0 aliphatic carbocycles. The van der Waals surface area contributed by atoms with E-state index in [2.05, 4.69) is 31.6 Å². The van der Waals surface area contributed by atoms with Crippen LogP contribution in [0.5, 0.6) is 11.5 Å². The third kappa shape index (κ3) is 5.23. The fourth-order valence-corrected chi connectivity index (χ4v) is 2.96. The number of benzene rings is 2. The molecule has 0 atom stereocenters. The second-order valence-electron chi connectivity index (χ2n) is 6.23. The van der Waals surface area contributed by atoms with Gasteiger partial charge in [-0.3, -0.25) is 9.48 Å². The molecule has 1 aromatic heterocycles. The Morgan fingerprint density at radius 2 is 1.90 bits per heavy atom. The number of carbonyl (C=O) groups is 1. The Labute approximate surface area is 177 Å². The van der Waals surface area contributed by atoms with E-state index in [9.17, 15) is 4.79 Å². The molecule has 0 saturated heterocycles. The van der Waals surface area contributed by atoms with Crippen molar-refractivity contribution in [3.05, 3.63) is 76.0 Å². The summed E-state index contributed by atoms with van der Waals surface area (Å²) in [6, 6.07) is 15.0. The van der Waals surface area contributed by atoms with E-state index in [0.29, 0.717) is 29.4 Å². The molecule has 2 aromatic carbocycles. The second kappa shape index (κ2) is 9.38. The molecule has 29 heavy (non-hydrogen) atoms. The van der Waals surface area contributed by atoms with Gasteiger partial charge in [-0.25, -0.2) is 5.43 Å². The molecular weight excluding hydrogens is 436 g/mol. The Morgan fingerprint density at radius 3 is 2.59 bits per heavy atom. The number of carbonyl (C=O) groups excluding carboxylic acids is 1. The standard InChI is InChI=1S/C21H21BrN4O3/c1-14(18-9-8-17(28-2)12-20(18)29-3)23-24-21(27)19-10-11-26(25-19)13-15-4-6-16(22)7-5-15/h4-12H,13H2,1-3H3,(H,24,27). The number of hydrazone groups is 1. The van der Waals surface area contributed by atoms with E-state index in [1.165, 1.54) is 0 Å². The number of methoxy groups -OCH3 is 2. The van der Waals surface area contributed by atoms with Crippen molar-refractivity contribution in [2.24, 2.45) is 5.10 Å². The SMILES string of the molecule is COc1ccc(C(C)=NNC(=O)c2ccn(Cc3ccc(Br)cc3)n2)c(OC)c1. The largest absolute Gasteiger partial charge is 0.497 e. The van der Waals surface area contributed by atoms with Crippen LogP contribution in [0.25, 0.3) is 0 Å². The highest BCUT2D eigenvalue weighted by atomic mass is 79.9. The van der Waals surface area contributed by atoms with Gasteiger partial charge in [-0.15, -0.1) is 0 Å². The van der Waals surface area contributed by atoms with Crippen LogP contribution in [0, 0.1) is 0 Å². The fraction of sp³-hybridized carbons (Fsp3) is 0.190. The molecule has 8 heteroatoms. The van der Waals surface area contributed by atoms with Crippen molar-refractivity contribution in [2.75, 3.05) is 14.2 Å². The molecule has 0 radical (unpaired) electrons. The number of ether oxygens (including phenoxy) is 2. The molecule has 0 bridgehead atoms. The van der Waals surface area contributed by atoms with Gasteiger partial charge >= 0.3 is 0 Å². The Balaban J connectivity index is 1.67. The van der Waals surface area contributed by atoms with Crippen molar-refractivity contribution in [1.29, 1.82) is 0 Å². The topological polar surface area (TPSA) is 77.7 Å². The van der Waals surface area contributed by atoms with E-state index in [0.717, 1.165) is 15.6 Å². The maximum atomic E-state index is 12.4. The molecule has 1 N–H and O–H groups in total. The minimum absolute atomic E-state index is 0.292. The first-order chi connectivity index (χ1) is 14.0. The van der Waals surface area contributed by atoms with Gasteiger partial charge in [0.1, 0.15) is 11.5 Å². The third-order valence-electron chi connectivity index (χ3n) is 4.25. The highest BCUT2D eigenvalue weighted by Crippen LogP contribution is 2.25. The number of nitrogens with zero attached hydrogens (tertiary/aromatic N) is 3. The van der Waals surface area contributed by atoms with Crippen LogP contribution in [0.3, 0.4) is 0 Å². The normalized spacial score (nSPS) is 11.2. The number of rotatable bonds is 7. The van der Waals surface area contributed by atoms with E-state index in [4.69, 9.17) is 9.47 Å². The number of amides is 1. The van der Waals surface area contributed by atoms with Crippen LogP contribution >= 0.6 is 15.9 Å². The van der Waals surface area contributed by atoms with Gasteiger partial charge in [0, 0.05) is 22.3 Å². The predicted octanol–water partition coefficient (Wildman–Crippen LogP) is 3.87. The molecule has 150 valence electrons. The molecule has 0 aliphatic heterocycles. The van der Waals surface area contributed by atoms with Crippen molar-refractivity contribution < 1.29 is 14.3 Å². The van der Waals surface area contributed by atoms with E-state index in [-0.39, 0.29) is 5.91 Å². The van der Waals surface area contributed by atoms with Crippen molar-refractivity contribution in [3.63, 3.8) is 0 Å². The molecule has 0 saturated carbocycles. The molecule has 7 nitrogen and oxygen atoms in total. The molecule has 0 aliphatic rings. The van der Waals surface area contributed by atoms with Crippen molar-refractivity contribution in [1.82, 2.24) is 15.2 Å². The number of hydrogen-bond acceptors (Lipinski definition) is 5. The minimum atomic E-state index is -0.383. The van der Waals surface area contributed by atoms with Gasteiger partial charge in [0.05, 0.1) is 26.5 Å². The minimum Gasteiger partial charge on any atom is -0.497 e. The maximum absolute atomic E-state index is 12.4. The van der Waals surface area contributed by atoms with Gasteiger partial charge in [-0.2, -0.15) is 10.2 Å². The van der Waals surface area contributed by atoms with Crippen LogP contribution in [-0.4, -0.2) is 35.6 Å². The van der Waals surface area contributed by atoms with Crippen LogP contribution in [-0.2, 0) is 6.54 Å². The molecule has 3 rings (SSSR count). The molecule has 0 spiro atoms. The third-order valence-corrected chi connectivity index (χ3v) is 4.78. The summed E-state index contributed by atoms with van der Waals surface area (Å²) < 4.78 is 13.3. The summed E-state index contributed by atoms with van der Waals surface area (Å²) in [7, 11) is 3.16. The van der Waals surface area contributed by atoms with Gasteiger partial charge in [0.25, 0.3) is 5.91 Å². The molecule has 1 heterocycles. The van der Waals surface area contributed by atoms with Crippen LogP contribution in [0.2, 0.25) is 0 Å². The zero-order valence-corrected chi connectivity index (χ0v) is 17.9. The summed E-state index contributed by atoms with van der Waals surface area (Å²) >= 11 is 3.41. The van der Waals surface area contributed by atoms with Gasteiger partial charge in [0.2, 0.25) is 0 Å². The van der Waals surface area contributed by atoms with Crippen molar-refractivity contribution in [2.45, 2.75) is 13.5 Å². The lowest BCUT2D eigenvalue weighted by Crippen LogP contribution is -2.20. The Kier molecular flexibility index (Phi) is 6.66. The van der Waals surface area contributed by atoms with E-state index in [1.54, 1.807) is 44.2 Å². The van der Waals surface area contributed by atoms with Crippen LogP contribution in [0.4, 0.5) is 0 Å². The highest BCUT2D eigenvalue weighted by molar-refractivity contribution is 9.10. The smallest absolute Gasteiger partial charge is 0.291 e. The molecule has 0 unspecified atom stereocenters. The first-order valence-electron chi connectivity index (χ1n) is 8.85. The second-order valence-corrected chi connectivity index (χ2v) is 7.15. The fourth-order valence-electron chi connectivity index (χ4n) is 2.70. The highest BCUT2D eigenvalue weighted by Gasteiger charge is 2.11. The first kappa shape index (κ1) is 20.6. The number of nitrogens with one attached hydrogen (secondary N) is 1. The van der Waals surface area contributed by atoms with E-state index in [1.807, 2.05) is 36.4 Å². The van der Waals surface area contributed by atoms with Crippen LogP contribution in [0.15, 0.2) is 64.3 Å². The summed E-state index contributed by atoms with van der Waals surface area (Å²) in [6.07, 6.45) is 1.76. The van der Waals surface area contributed by atoms with E-state index >= 15 is 0 Å². The van der Waals surface area contributed by atoms with Crippen molar-refractivity contribution in [3.8, 4) is 11.5 Å². The lowest BCUT2D eigenvalue weighted by atomic mass is 10.1. The van der Waals surface area contributed by atoms with Crippen LogP contribution < -0.4 is 14.9 Å².